The zero-order valence-electron chi connectivity index (χ0n) is 6.46. The minimum Gasteiger partial charge on any atom is -0.356 e. The van der Waals surface area contributed by atoms with E-state index in [1.807, 2.05) is 0 Å². The van der Waals surface area contributed by atoms with Crippen LogP contribution in [0.15, 0.2) is 0 Å². The van der Waals surface area contributed by atoms with E-state index in [0.29, 0.717) is 25.9 Å². The Bertz CT molecular complexity index is 134. The summed E-state index contributed by atoms with van der Waals surface area (Å²) in [7, 11) is 0. The first-order valence-electron chi connectivity index (χ1n) is 3.32. The molecule has 2 N–H and O–H groups in total. The lowest BCUT2D eigenvalue weighted by Gasteiger charge is -2.10. The summed E-state index contributed by atoms with van der Waals surface area (Å²) >= 11 is 0. The van der Waals surface area contributed by atoms with Crippen molar-refractivity contribution in [3.05, 3.63) is 0 Å². The summed E-state index contributed by atoms with van der Waals surface area (Å²) in [4.78, 5) is 21.4. The molecule has 0 aromatic carbocycles. The van der Waals surface area contributed by atoms with Gasteiger partial charge in [0, 0.05) is 25.9 Å². The first-order valence-corrected chi connectivity index (χ1v) is 3.32. The quantitative estimate of drug-likeness (QED) is 0.590. The third-order valence-electron chi connectivity index (χ3n) is 1.35. The number of amides is 2. The minimum atomic E-state index is 0. The average molecular weight is 215 g/mol. The van der Waals surface area contributed by atoms with Gasteiger partial charge in [-0.05, 0) is 0 Å². The fourth-order valence-corrected chi connectivity index (χ4v) is 0.808. The van der Waals surface area contributed by atoms with E-state index in [4.69, 9.17) is 0 Å². The zero-order valence-corrected chi connectivity index (χ0v) is 8.09. The number of halogens is 2. The second-order valence-electron chi connectivity index (χ2n) is 2.20. The molecule has 1 fully saturated rings. The van der Waals surface area contributed by atoms with Crippen LogP contribution >= 0.6 is 24.8 Å². The molecule has 6 heteroatoms. The van der Waals surface area contributed by atoms with Crippen molar-refractivity contribution < 1.29 is 9.59 Å². The number of carbonyl (C=O) groups is 2. The van der Waals surface area contributed by atoms with Crippen LogP contribution in [-0.4, -0.2) is 24.9 Å². The second kappa shape index (κ2) is 7.18. The molecule has 0 radical (unpaired) electrons. The maximum Gasteiger partial charge on any atom is 0.221 e. The van der Waals surface area contributed by atoms with Gasteiger partial charge in [-0.15, -0.1) is 24.8 Å². The maximum absolute atomic E-state index is 10.7. The summed E-state index contributed by atoms with van der Waals surface area (Å²) in [5, 5.41) is 5.23. The highest BCUT2D eigenvalue weighted by molar-refractivity contribution is 5.85. The van der Waals surface area contributed by atoms with Gasteiger partial charge < -0.3 is 10.6 Å². The normalized spacial score (nSPS) is 17.0. The zero-order chi connectivity index (χ0) is 7.40. The van der Waals surface area contributed by atoms with Crippen LogP contribution in [-0.2, 0) is 9.59 Å². The highest BCUT2D eigenvalue weighted by atomic mass is 35.5. The molecule has 1 heterocycles. The predicted octanol–water partition coefficient (Wildman–Crippen LogP) is -0.144. The highest BCUT2D eigenvalue weighted by Gasteiger charge is 2.07. The minimum absolute atomic E-state index is 0. The summed E-state index contributed by atoms with van der Waals surface area (Å²) in [6.07, 6.45) is 0.789. The molecule has 0 bridgehead atoms. The average Bonchev–Trinajstić information content (AvgIpc) is 1.84. The Morgan fingerprint density at radius 2 is 1.17 bits per heavy atom. The second-order valence-corrected chi connectivity index (χ2v) is 2.20. The van der Waals surface area contributed by atoms with Gasteiger partial charge in [-0.2, -0.15) is 0 Å². The van der Waals surface area contributed by atoms with Crippen molar-refractivity contribution in [2.24, 2.45) is 0 Å². The SMILES string of the molecule is Cl.Cl.O=C1CCNC(=O)CCN1. The first kappa shape index (κ1) is 14.1. The monoisotopic (exact) mass is 214 g/mol. The first-order chi connectivity index (χ1) is 4.79. The van der Waals surface area contributed by atoms with Crippen molar-refractivity contribution in [2.45, 2.75) is 12.8 Å². The van der Waals surface area contributed by atoms with E-state index in [-0.39, 0.29) is 36.6 Å². The standard InChI is InChI=1S/C6H10N2O2.2ClH/c9-5-1-3-7-6(10)2-4-8-5;;/h1-4H2,(H,7,10)(H,8,9);2*1H. The van der Waals surface area contributed by atoms with Gasteiger partial charge in [-0.25, -0.2) is 0 Å². The van der Waals surface area contributed by atoms with Gasteiger partial charge in [0.2, 0.25) is 11.8 Å². The molecule has 0 aromatic rings. The van der Waals surface area contributed by atoms with E-state index in [9.17, 15) is 9.59 Å². The van der Waals surface area contributed by atoms with E-state index in [1.165, 1.54) is 0 Å². The Labute approximate surface area is 83.3 Å². The molecule has 0 spiro atoms. The van der Waals surface area contributed by atoms with Crippen LogP contribution < -0.4 is 10.6 Å². The van der Waals surface area contributed by atoms with E-state index in [1.54, 1.807) is 0 Å². The molecule has 0 aromatic heterocycles. The lowest BCUT2D eigenvalue weighted by Crippen LogP contribution is -2.37. The van der Waals surface area contributed by atoms with Crippen molar-refractivity contribution in [3.8, 4) is 0 Å². The molecule has 1 rings (SSSR count). The molecule has 0 atom stereocenters. The van der Waals surface area contributed by atoms with Crippen molar-refractivity contribution in [1.82, 2.24) is 10.6 Å². The smallest absolute Gasteiger partial charge is 0.221 e. The van der Waals surface area contributed by atoms with Gasteiger partial charge in [0.1, 0.15) is 0 Å². The molecule has 72 valence electrons. The predicted molar refractivity (Wildman–Crippen MR) is 49.7 cm³/mol. The molecular formula is C6H12Cl2N2O2. The van der Waals surface area contributed by atoms with Crippen LogP contribution in [0, 0.1) is 0 Å². The third kappa shape index (κ3) is 5.21. The molecule has 0 unspecified atom stereocenters. The van der Waals surface area contributed by atoms with Gasteiger partial charge in [-0.3, -0.25) is 9.59 Å². The summed E-state index contributed by atoms with van der Waals surface area (Å²) in [6, 6.07) is 0. The molecule has 0 saturated carbocycles. The maximum atomic E-state index is 10.7. The van der Waals surface area contributed by atoms with Gasteiger partial charge in [-0.1, -0.05) is 0 Å². The van der Waals surface area contributed by atoms with Crippen molar-refractivity contribution in [2.75, 3.05) is 13.1 Å². The Balaban J connectivity index is 0. The lowest BCUT2D eigenvalue weighted by atomic mass is 10.3. The van der Waals surface area contributed by atoms with Crippen molar-refractivity contribution in [1.29, 1.82) is 0 Å². The summed E-state index contributed by atoms with van der Waals surface area (Å²) in [5.41, 5.74) is 0. The van der Waals surface area contributed by atoms with E-state index in [2.05, 4.69) is 10.6 Å². The lowest BCUT2D eigenvalue weighted by molar-refractivity contribution is -0.124. The van der Waals surface area contributed by atoms with Gasteiger partial charge in [0.05, 0.1) is 0 Å². The van der Waals surface area contributed by atoms with Crippen LogP contribution in [0.5, 0.6) is 0 Å². The Morgan fingerprint density at radius 3 is 1.50 bits per heavy atom. The number of nitrogens with one attached hydrogen (secondary N) is 2. The van der Waals surface area contributed by atoms with E-state index in [0.717, 1.165) is 0 Å². The summed E-state index contributed by atoms with van der Waals surface area (Å²) < 4.78 is 0. The van der Waals surface area contributed by atoms with E-state index >= 15 is 0 Å². The van der Waals surface area contributed by atoms with Crippen LogP contribution in [0.3, 0.4) is 0 Å². The molecule has 0 aliphatic carbocycles. The molecular weight excluding hydrogens is 203 g/mol. The Morgan fingerprint density at radius 1 is 0.833 bits per heavy atom. The summed E-state index contributed by atoms with van der Waals surface area (Å²) in [6.45, 7) is 0.926. The number of hydrogen-bond acceptors (Lipinski definition) is 2. The topological polar surface area (TPSA) is 58.2 Å². The van der Waals surface area contributed by atoms with Crippen LogP contribution in [0.1, 0.15) is 12.8 Å². The van der Waals surface area contributed by atoms with Crippen LogP contribution in [0.2, 0.25) is 0 Å². The van der Waals surface area contributed by atoms with Gasteiger partial charge in [0.25, 0.3) is 0 Å². The van der Waals surface area contributed by atoms with Crippen molar-refractivity contribution in [3.63, 3.8) is 0 Å². The number of hydrogen-bond donors (Lipinski definition) is 2. The fraction of sp³-hybridized carbons (Fsp3) is 0.667. The van der Waals surface area contributed by atoms with Crippen LogP contribution in [0.25, 0.3) is 0 Å². The third-order valence-corrected chi connectivity index (χ3v) is 1.35. The molecule has 1 aliphatic rings. The molecule has 12 heavy (non-hydrogen) atoms. The number of rotatable bonds is 0. The molecule has 1 saturated heterocycles. The van der Waals surface area contributed by atoms with Crippen LogP contribution in [0.4, 0.5) is 0 Å². The van der Waals surface area contributed by atoms with E-state index < -0.39 is 0 Å². The Hall–Kier alpha value is -0.480. The summed E-state index contributed by atoms with van der Waals surface area (Å²) in [5.74, 6) is 0.0278. The largest absolute Gasteiger partial charge is 0.356 e. The highest BCUT2D eigenvalue weighted by Crippen LogP contribution is 1.85. The molecule has 1 aliphatic heterocycles. The molecule has 4 nitrogen and oxygen atoms in total. The molecule has 2 amide bonds. The Kier molecular flexibility index (Phi) is 8.42. The van der Waals surface area contributed by atoms with Gasteiger partial charge in [0.15, 0.2) is 0 Å². The van der Waals surface area contributed by atoms with Gasteiger partial charge >= 0.3 is 0 Å². The fourth-order valence-electron chi connectivity index (χ4n) is 0.808. The number of carbonyl (C=O) groups excluding carboxylic acids is 2. The van der Waals surface area contributed by atoms with Crippen molar-refractivity contribution >= 4 is 36.6 Å².